The van der Waals surface area contributed by atoms with Crippen molar-refractivity contribution < 1.29 is 4.74 Å². The number of aromatic nitrogens is 3. The first-order valence-electron chi connectivity index (χ1n) is 8.50. The van der Waals surface area contributed by atoms with Crippen molar-refractivity contribution in [1.29, 1.82) is 0 Å². The van der Waals surface area contributed by atoms with E-state index in [-0.39, 0.29) is 10.7 Å². The van der Waals surface area contributed by atoms with E-state index in [0.29, 0.717) is 22.5 Å². The van der Waals surface area contributed by atoms with Crippen molar-refractivity contribution in [3.8, 4) is 0 Å². The molecule has 2 N–H and O–H groups in total. The molecule has 0 atom stereocenters. The standard InChI is InChI=1S/C17H18Cl2N6OS/c1-10-24-17(9-26-10)3-6-25(7-4-17)12-8-22-16(15(20)23-12)27-11-2-5-21-14(19)13(11)18/h2,5,8H,3-4,6-7,9H2,1H3,(H2,20,23). The van der Waals surface area contributed by atoms with E-state index in [1.165, 1.54) is 11.8 Å². The van der Waals surface area contributed by atoms with Crippen LogP contribution in [0.5, 0.6) is 0 Å². The zero-order valence-corrected chi connectivity index (χ0v) is 17.0. The molecule has 2 aliphatic heterocycles. The summed E-state index contributed by atoms with van der Waals surface area (Å²) in [4.78, 5) is 20.6. The van der Waals surface area contributed by atoms with Crippen LogP contribution in [0.3, 0.4) is 0 Å². The zero-order chi connectivity index (χ0) is 19.0. The first-order valence-corrected chi connectivity index (χ1v) is 10.1. The molecule has 1 fully saturated rings. The smallest absolute Gasteiger partial charge is 0.180 e. The lowest BCUT2D eigenvalue weighted by Crippen LogP contribution is -2.44. The highest BCUT2D eigenvalue weighted by molar-refractivity contribution is 7.99. The van der Waals surface area contributed by atoms with Crippen molar-refractivity contribution in [1.82, 2.24) is 15.0 Å². The Bertz CT molecular complexity index is 901. The molecular weight excluding hydrogens is 407 g/mol. The van der Waals surface area contributed by atoms with Crippen molar-refractivity contribution in [3.05, 3.63) is 28.6 Å². The molecule has 4 heterocycles. The van der Waals surface area contributed by atoms with Crippen LogP contribution in [0.1, 0.15) is 19.8 Å². The lowest BCUT2D eigenvalue weighted by Gasteiger charge is -2.36. The molecule has 2 aromatic rings. The molecule has 0 bridgehead atoms. The first kappa shape index (κ1) is 18.6. The molecule has 2 aromatic heterocycles. The van der Waals surface area contributed by atoms with E-state index in [1.807, 2.05) is 6.92 Å². The van der Waals surface area contributed by atoms with Crippen LogP contribution < -0.4 is 10.6 Å². The summed E-state index contributed by atoms with van der Waals surface area (Å²) >= 11 is 13.5. The fraction of sp³-hybridized carbons (Fsp3) is 0.412. The van der Waals surface area contributed by atoms with Gasteiger partial charge in [0.15, 0.2) is 11.7 Å². The van der Waals surface area contributed by atoms with E-state index in [1.54, 1.807) is 18.5 Å². The Morgan fingerprint density at radius 2 is 2.04 bits per heavy atom. The summed E-state index contributed by atoms with van der Waals surface area (Å²) in [7, 11) is 0. The van der Waals surface area contributed by atoms with Crippen LogP contribution in [-0.2, 0) is 4.74 Å². The van der Waals surface area contributed by atoms with Crippen LogP contribution in [0.2, 0.25) is 10.2 Å². The highest BCUT2D eigenvalue weighted by Crippen LogP contribution is 2.38. The quantitative estimate of drug-likeness (QED) is 0.750. The molecule has 4 rings (SSSR count). The van der Waals surface area contributed by atoms with Gasteiger partial charge in [0, 0.05) is 31.1 Å². The van der Waals surface area contributed by atoms with Crippen LogP contribution in [0.4, 0.5) is 11.6 Å². The Morgan fingerprint density at radius 1 is 1.26 bits per heavy atom. The van der Waals surface area contributed by atoms with Crippen molar-refractivity contribution in [2.24, 2.45) is 4.99 Å². The molecule has 0 radical (unpaired) electrons. The molecule has 1 saturated heterocycles. The van der Waals surface area contributed by atoms with Crippen molar-refractivity contribution in [3.63, 3.8) is 0 Å². The zero-order valence-electron chi connectivity index (χ0n) is 14.7. The SMILES string of the molecule is CC1=NC2(CCN(c3cnc(Sc4ccnc(Cl)c4Cl)c(N)n3)CC2)CO1. The third-order valence-corrected chi connectivity index (χ3v) is 6.68. The predicted molar refractivity (Wildman–Crippen MR) is 108 cm³/mol. The van der Waals surface area contributed by atoms with E-state index in [4.69, 9.17) is 33.7 Å². The second-order valence-electron chi connectivity index (χ2n) is 6.57. The largest absolute Gasteiger partial charge is 0.479 e. The number of hydrogen-bond acceptors (Lipinski definition) is 8. The van der Waals surface area contributed by atoms with E-state index in [2.05, 4.69) is 24.8 Å². The number of nitrogen functional groups attached to an aromatic ring is 1. The van der Waals surface area contributed by atoms with Gasteiger partial charge in [0.25, 0.3) is 0 Å². The molecule has 0 aliphatic carbocycles. The molecule has 27 heavy (non-hydrogen) atoms. The highest BCUT2D eigenvalue weighted by atomic mass is 35.5. The number of nitrogens with two attached hydrogens (primary N) is 1. The summed E-state index contributed by atoms with van der Waals surface area (Å²) in [6, 6.07) is 1.77. The summed E-state index contributed by atoms with van der Waals surface area (Å²) in [5.41, 5.74) is 6.07. The van der Waals surface area contributed by atoms with Gasteiger partial charge in [-0.1, -0.05) is 35.0 Å². The molecule has 10 heteroatoms. The molecule has 142 valence electrons. The van der Waals surface area contributed by atoms with E-state index >= 15 is 0 Å². The molecule has 2 aliphatic rings. The van der Waals surface area contributed by atoms with E-state index in [9.17, 15) is 0 Å². The number of nitrogens with zero attached hydrogens (tertiary/aromatic N) is 5. The van der Waals surface area contributed by atoms with Crippen molar-refractivity contribution in [2.75, 3.05) is 30.3 Å². The first-order chi connectivity index (χ1) is 13.0. The van der Waals surface area contributed by atoms with Gasteiger partial charge in [-0.15, -0.1) is 0 Å². The monoisotopic (exact) mass is 424 g/mol. The van der Waals surface area contributed by atoms with Gasteiger partial charge in [0.1, 0.15) is 28.1 Å². The fourth-order valence-electron chi connectivity index (χ4n) is 3.24. The Balaban J connectivity index is 1.47. The van der Waals surface area contributed by atoms with E-state index < -0.39 is 0 Å². The number of hydrogen-bond donors (Lipinski definition) is 1. The Kier molecular flexibility index (Phi) is 5.05. The van der Waals surface area contributed by atoms with Crippen LogP contribution in [0.15, 0.2) is 33.4 Å². The maximum Gasteiger partial charge on any atom is 0.180 e. The number of halogens is 2. The Labute approximate surface area is 171 Å². The fourth-order valence-corrected chi connectivity index (χ4v) is 4.46. The number of rotatable bonds is 3. The van der Waals surface area contributed by atoms with Crippen LogP contribution in [0.25, 0.3) is 0 Å². The number of aliphatic imine (C=N–C) groups is 1. The van der Waals surface area contributed by atoms with Crippen LogP contribution in [0, 0.1) is 0 Å². The van der Waals surface area contributed by atoms with Gasteiger partial charge in [-0.2, -0.15) is 0 Å². The molecular formula is C17H18Cl2N6OS. The van der Waals surface area contributed by atoms with Crippen molar-refractivity contribution >= 4 is 52.5 Å². The van der Waals surface area contributed by atoms with Gasteiger partial charge < -0.3 is 15.4 Å². The van der Waals surface area contributed by atoms with Crippen LogP contribution in [-0.4, -0.2) is 46.1 Å². The van der Waals surface area contributed by atoms with Gasteiger partial charge in [-0.05, 0) is 18.9 Å². The number of piperidine rings is 1. The lowest BCUT2D eigenvalue weighted by atomic mass is 9.89. The third kappa shape index (κ3) is 3.79. The Hall–Kier alpha value is -1.77. The second kappa shape index (κ2) is 7.33. The van der Waals surface area contributed by atoms with Gasteiger partial charge in [0.05, 0.1) is 11.2 Å². The van der Waals surface area contributed by atoms with Gasteiger partial charge in [-0.25, -0.2) is 19.9 Å². The normalized spacial score (nSPS) is 18.5. The third-order valence-electron chi connectivity index (χ3n) is 4.73. The minimum Gasteiger partial charge on any atom is -0.479 e. The molecule has 0 unspecified atom stereocenters. The van der Waals surface area contributed by atoms with Crippen molar-refractivity contribution in [2.45, 2.75) is 35.2 Å². The minimum atomic E-state index is -0.0767. The van der Waals surface area contributed by atoms with Gasteiger partial charge >= 0.3 is 0 Å². The van der Waals surface area contributed by atoms with Gasteiger partial charge in [-0.3, -0.25) is 0 Å². The minimum absolute atomic E-state index is 0.0767. The number of ether oxygens (including phenoxy) is 1. The molecule has 0 saturated carbocycles. The molecule has 1 spiro atoms. The highest BCUT2D eigenvalue weighted by Gasteiger charge is 2.39. The van der Waals surface area contributed by atoms with Crippen LogP contribution >= 0.6 is 35.0 Å². The summed E-state index contributed by atoms with van der Waals surface area (Å²) < 4.78 is 5.55. The molecule has 7 nitrogen and oxygen atoms in total. The lowest BCUT2D eigenvalue weighted by molar-refractivity contribution is 0.222. The average molecular weight is 425 g/mol. The summed E-state index contributed by atoms with van der Waals surface area (Å²) in [6.45, 7) is 4.26. The summed E-state index contributed by atoms with van der Waals surface area (Å²) in [6.07, 6.45) is 5.18. The molecule has 0 amide bonds. The predicted octanol–water partition coefficient (Wildman–Crippen LogP) is 3.70. The topological polar surface area (TPSA) is 89.5 Å². The summed E-state index contributed by atoms with van der Waals surface area (Å²) in [5.74, 6) is 1.91. The summed E-state index contributed by atoms with van der Waals surface area (Å²) in [5, 5.41) is 1.21. The van der Waals surface area contributed by atoms with Gasteiger partial charge in [0.2, 0.25) is 0 Å². The number of anilines is 2. The van der Waals surface area contributed by atoms with E-state index in [0.717, 1.165) is 42.5 Å². The number of pyridine rings is 1. The average Bonchev–Trinajstić information content (AvgIpc) is 3.01. The molecule has 0 aromatic carbocycles. The maximum atomic E-state index is 6.18. The maximum absolute atomic E-state index is 6.18. The Morgan fingerprint density at radius 3 is 2.70 bits per heavy atom. The second-order valence-corrected chi connectivity index (χ2v) is 8.33.